The number of carbonyl (C=O) groups is 3. The first-order valence-electron chi connectivity index (χ1n) is 31.3. The van der Waals surface area contributed by atoms with E-state index in [9.17, 15) is 14.4 Å². The van der Waals surface area contributed by atoms with Crippen LogP contribution in [0.5, 0.6) is 0 Å². The van der Waals surface area contributed by atoms with E-state index >= 15 is 0 Å². The summed E-state index contributed by atoms with van der Waals surface area (Å²) in [5.41, 5.74) is 0. The van der Waals surface area contributed by atoms with E-state index in [0.29, 0.717) is 19.3 Å². The third-order valence-electron chi connectivity index (χ3n) is 12.8. The molecule has 0 saturated carbocycles. The van der Waals surface area contributed by atoms with E-state index in [1.807, 2.05) is 0 Å². The average Bonchev–Trinajstić information content (AvgIpc) is 3.43. The Labute approximate surface area is 474 Å². The maximum Gasteiger partial charge on any atom is 0.306 e. The van der Waals surface area contributed by atoms with Crippen molar-refractivity contribution in [2.45, 2.75) is 271 Å². The van der Waals surface area contributed by atoms with Crippen LogP contribution in [-0.4, -0.2) is 37.2 Å². The molecule has 0 aromatic heterocycles. The second-order valence-corrected chi connectivity index (χ2v) is 20.2. The van der Waals surface area contributed by atoms with Gasteiger partial charge in [0.1, 0.15) is 13.2 Å². The van der Waals surface area contributed by atoms with Crippen molar-refractivity contribution in [1.29, 1.82) is 0 Å². The molecule has 0 aromatic rings. The SMILES string of the molecule is CC/C=C\C/C=C\C/C=C\C/C=C\C/C=C\C/C=C\C/C=C\CCCCCCCC(=O)OCC(COC(=O)CCCCCCC/C=C\CCCC)OC(=O)CCCCCCCCCC/C=C\C/C=C\C/C=C\C/C=C\CC. The molecule has 0 spiro atoms. The maximum atomic E-state index is 12.9. The van der Waals surface area contributed by atoms with Crippen molar-refractivity contribution in [3.63, 3.8) is 0 Å². The molecule has 0 fully saturated rings. The predicted molar refractivity (Wildman–Crippen MR) is 334 cm³/mol. The highest BCUT2D eigenvalue weighted by Crippen LogP contribution is 2.14. The van der Waals surface area contributed by atoms with Crippen molar-refractivity contribution in [2.75, 3.05) is 13.2 Å². The van der Waals surface area contributed by atoms with Crippen molar-refractivity contribution in [2.24, 2.45) is 0 Å². The van der Waals surface area contributed by atoms with Gasteiger partial charge >= 0.3 is 17.9 Å². The summed E-state index contributed by atoms with van der Waals surface area (Å²) in [5, 5.41) is 0. The zero-order chi connectivity index (χ0) is 55.7. The lowest BCUT2D eigenvalue weighted by atomic mass is 10.1. The van der Waals surface area contributed by atoms with E-state index in [2.05, 4.69) is 167 Å². The molecule has 0 N–H and O–H groups in total. The van der Waals surface area contributed by atoms with Gasteiger partial charge in [0.25, 0.3) is 0 Å². The van der Waals surface area contributed by atoms with Crippen LogP contribution in [0.15, 0.2) is 146 Å². The molecule has 6 nitrogen and oxygen atoms in total. The molecule has 6 heteroatoms. The van der Waals surface area contributed by atoms with Crippen LogP contribution in [0.2, 0.25) is 0 Å². The highest BCUT2D eigenvalue weighted by molar-refractivity contribution is 5.71. The maximum absolute atomic E-state index is 12.9. The lowest BCUT2D eigenvalue weighted by Gasteiger charge is -2.18. The molecule has 0 radical (unpaired) electrons. The van der Waals surface area contributed by atoms with Crippen LogP contribution in [0.1, 0.15) is 265 Å². The first kappa shape index (κ1) is 72.3. The van der Waals surface area contributed by atoms with Crippen LogP contribution < -0.4 is 0 Å². The Bertz CT molecular complexity index is 1700. The molecule has 0 amide bonds. The quantitative estimate of drug-likeness (QED) is 0.0261. The smallest absolute Gasteiger partial charge is 0.306 e. The molecule has 0 aliphatic carbocycles. The van der Waals surface area contributed by atoms with Crippen LogP contribution >= 0.6 is 0 Å². The van der Waals surface area contributed by atoms with Crippen LogP contribution in [-0.2, 0) is 28.6 Å². The number of ether oxygens (including phenoxy) is 3. The Morgan fingerprint density at radius 3 is 0.805 bits per heavy atom. The first-order valence-corrected chi connectivity index (χ1v) is 31.3. The lowest BCUT2D eigenvalue weighted by molar-refractivity contribution is -0.167. The fraction of sp³-hybridized carbons (Fsp3) is 0.620. The van der Waals surface area contributed by atoms with Gasteiger partial charge in [0.2, 0.25) is 0 Å². The second kappa shape index (κ2) is 63.8. The van der Waals surface area contributed by atoms with Crippen molar-refractivity contribution in [3.8, 4) is 0 Å². The monoisotopic (exact) mass is 1060 g/mol. The zero-order valence-electron chi connectivity index (χ0n) is 49.7. The summed E-state index contributed by atoms with van der Waals surface area (Å²) in [6.45, 7) is 6.34. The minimum Gasteiger partial charge on any atom is -0.462 e. The molecule has 0 aromatic carbocycles. The first-order chi connectivity index (χ1) is 38.0. The summed E-state index contributed by atoms with van der Waals surface area (Å²) in [4.78, 5) is 38.2. The number of unbranched alkanes of at least 4 members (excludes halogenated alkanes) is 20. The van der Waals surface area contributed by atoms with Gasteiger partial charge in [0.05, 0.1) is 0 Å². The van der Waals surface area contributed by atoms with E-state index < -0.39 is 6.10 Å². The second-order valence-electron chi connectivity index (χ2n) is 20.2. The van der Waals surface area contributed by atoms with E-state index in [-0.39, 0.29) is 31.1 Å². The molecule has 0 saturated heterocycles. The van der Waals surface area contributed by atoms with Crippen molar-refractivity contribution in [3.05, 3.63) is 146 Å². The standard InChI is InChI=1S/C71H114O6/c1-4-7-10-13-16-19-22-24-26-28-30-32-33-34-35-36-37-39-40-42-44-46-49-52-55-58-61-64-70(73)76-67-68(66-75-69(72)63-60-57-54-51-48-21-18-15-12-9-6-3)77-71(74)65-62-59-56-53-50-47-45-43-41-38-31-29-27-25-23-20-17-14-11-8-5-2/h7-8,10-11,15-20,24-27,30-32,34-35,37-39,42,44,68H,4-6,9,12-14,21-23,28-29,33,36,40-41,43,45-67H2,1-3H3/b10-7-,11-8-,18-15-,19-16-,20-17-,26-24-,27-25-,32-30-,35-34-,38-31-,39-37-,44-42-. The Hall–Kier alpha value is -4.71. The van der Waals surface area contributed by atoms with Gasteiger partial charge in [-0.05, 0) is 135 Å². The van der Waals surface area contributed by atoms with Gasteiger partial charge in [-0.25, -0.2) is 0 Å². The van der Waals surface area contributed by atoms with Crippen LogP contribution in [0.3, 0.4) is 0 Å². The van der Waals surface area contributed by atoms with Gasteiger partial charge in [-0.15, -0.1) is 0 Å². The van der Waals surface area contributed by atoms with Crippen molar-refractivity contribution in [1.82, 2.24) is 0 Å². The Morgan fingerprint density at radius 1 is 0.273 bits per heavy atom. The van der Waals surface area contributed by atoms with Gasteiger partial charge in [-0.1, -0.05) is 256 Å². The van der Waals surface area contributed by atoms with E-state index in [1.165, 1.54) is 57.8 Å². The van der Waals surface area contributed by atoms with E-state index in [4.69, 9.17) is 14.2 Å². The third kappa shape index (κ3) is 62.0. The molecular weight excluding hydrogens is 949 g/mol. The predicted octanol–water partition coefficient (Wildman–Crippen LogP) is 21.5. The normalized spacial score (nSPS) is 13.1. The number of allylic oxidation sites excluding steroid dienone is 24. The van der Waals surface area contributed by atoms with E-state index in [0.717, 1.165) is 167 Å². The number of esters is 3. The van der Waals surface area contributed by atoms with Gasteiger partial charge in [0.15, 0.2) is 6.10 Å². The minimum atomic E-state index is -0.801. The molecule has 0 heterocycles. The van der Waals surface area contributed by atoms with Crippen molar-refractivity contribution < 1.29 is 28.6 Å². The third-order valence-corrected chi connectivity index (χ3v) is 12.8. The zero-order valence-corrected chi connectivity index (χ0v) is 49.7. The lowest BCUT2D eigenvalue weighted by Crippen LogP contribution is -2.30. The molecule has 0 aliphatic heterocycles. The van der Waals surface area contributed by atoms with Crippen LogP contribution in [0, 0.1) is 0 Å². The Morgan fingerprint density at radius 2 is 0.506 bits per heavy atom. The molecule has 434 valence electrons. The summed E-state index contributed by atoms with van der Waals surface area (Å²) in [5.74, 6) is -0.936. The summed E-state index contributed by atoms with van der Waals surface area (Å²) < 4.78 is 16.9. The Balaban J connectivity index is 4.38. The van der Waals surface area contributed by atoms with Gasteiger partial charge < -0.3 is 14.2 Å². The number of hydrogen-bond donors (Lipinski definition) is 0. The van der Waals surface area contributed by atoms with Gasteiger partial charge in [-0.3, -0.25) is 14.4 Å². The van der Waals surface area contributed by atoms with E-state index in [1.54, 1.807) is 0 Å². The summed E-state index contributed by atoms with van der Waals surface area (Å²) in [7, 11) is 0. The van der Waals surface area contributed by atoms with Crippen molar-refractivity contribution >= 4 is 17.9 Å². The minimum absolute atomic E-state index is 0.0969. The fourth-order valence-electron chi connectivity index (χ4n) is 8.16. The molecule has 1 unspecified atom stereocenters. The highest BCUT2D eigenvalue weighted by Gasteiger charge is 2.19. The summed E-state index contributed by atoms with van der Waals surface area (Å²) in [6.07, 6.45) is 91.3. The van der Waals surface area contributed by atoms with Gasteiger partial charge in [-0.2, -0.15) is 0 Å². The number of carbonyl (C=O) groups excluding carboxylic acids is 3. The topological polar surface area (TPSA) is 78.9 Å². The summed E-state index contributed by atoms with van der Waals surface area (Å²) >= 11 is 0. The summed E-state index contributed by atoms with van der Waals surface area (Å²) in [6, 6.07) is 0. The molecule has 77 heavy (non-hydrogen) atoms. The van der Waals surface area contributed by atoms with Crippen LogP contribution in [0.25, 0.3) is 0 Å². The fourth-order valence-corrected chi connectivity index (χ4v) is 8.16. The van der Waals surface area contributed by atoms with Gasteiger partial charge in [0, 0.05) is 19.3 Å². The largest absolute Gasteiger partial charge is 0.462 e. The highest BCUT2D eigenvalue weighted by atomic mass is 16.6. The molecule has 0 bridgehead atoms. The Kier molecular flexibility index (Phi) is 59.9. The molecule has 0 rings (SSSR count). The molecule has 0 aliphatic rings. The number of rotatable bonds is 55. The molecular formula is C71H114O6. The number of hydrogen-bond acceptors (Lipinski definition) is 6. The van der Waals surface area contributed by atoms with Crippen LogP contribution in [0.4, 0.5) is 0 Å². The average molecular weight is 1060 g/mol. The molecule has 1 atom stereocenters.